The van der Waals surface area contributed by atoms with Gasteiger partial charge in [-0.1, -0.05) is 11.6 Å². The Morgan fingerprint density at radius 3 is 2.90 bits per heavy atom. The zero-order chi connectivity index (χ0) is 14.5. The van der Waals surface area contributed by atoms with Crippen LogP contribution in [0.25, 0.3) is 0 Å². The molecule has 0 unspecified atom stereocenters. The van der Waals surface area contributed by atoms with Gasteiger partial charge in [-0.05, 0) is 31.2 Å². The van der Waals surface area contributed by atoms with Crippen LogP contribution < -0.4 is 10.1 Å². The lowest BCUT2D eigenvalue weighted by Gasteiger charge is -2.11. The van der Waals surface area contributed by atoms with E-state index in [0.717, 1.165) is 0 Å². The third-order valence-electron chi connectivity index (χ3n) is 2.45. The lowest BCUT2D eigenvalue weighted by atomic mass is 10.2. The minimum absolute atomic E-state index is 0.171. The third kappa shape index (κ3) is 3.45. The molecule has 2 aromatic rings. The summed E-state index contributed by atoms with van der Waals surface area (Å²) >= 11 is 5.80. The van der Waals surface area contributed by atoms with Crippen LogP contribution in [0.4, 0.5) is 10.1 Å². The van der Waals surface area contributed by atoms with Gasteiger partial charge in [0.05, 0.1) is 12.3 Å². The van der Waals surface area contributed by atoms with E-state index in [4.69, 9.17) is 16.3 Å². The van der Waals surface area contributed by atoms with Crippen molar-refractivity contribution in [3.8, 4) is 5.75 Å². The molecule has 1 amide bonds. The van der Waals surface area contributed by atoms with Crippen LogP contribution in [0.15, 0.2) is 36.5 Å². The number of aromatic nitrogens is 1. The van der Waals surface area contributed by atoms with Crippen molar-refractivity contribution in [3.05, 3.63) is 53.1 Å². The molecule has 0 radical (unpaired) electrons. The Bertz CT molecular complexity index is 634. The molecule has 20 heavy (non-hydrogen) atoms. The van der Waals surface area contributed by atoms with Gasteiger partial charge in [0, 0.05) is 17.3 Å². The van der Waals surface area contributed by atoms with Crippen LogP contribution in [-0.2, 0) is 0 Å². The smallest absolute Gasteiger partial charge is 0.274 e. The van der Waals surface area contributed by atoms with Crippen molar-refractivity contribution in [1.82, 2.24) is 4.98 Å². The number of carbonyl (C=O) groups is 1. The number of ether oxygens (including phenoxy) is 1. The average molecular weight is 295 g/mol. The summed E-state index contributed by atoms with van der Waals surface area (Å²) in [5.74, 6) is -0.615. The van der Waals surface area contributed by atoms with Gasteiger partial charge in [-0.15, -0.1) is 0 Å². The number of hydrogen-bond donors (Lipinski definition) is 1. The summed E-state index contributed by atoms with van der Waals surface area (Å²) in [4.78, 5) is 15.9. The van der Waals surface area contributed by atoms with E-state index in [0.29, 0.717) is 17.3 Å². The molecule has 6 heteroatoms. The first-order valence-corrected chi connectivity index (χ1v) is 6.33. The minimum Gasteiger partial charge on any atom is -0.492 e. The quantitative estimate of drug-likeness (QED) is 0.938. The monoisotopic (exact) mass is 294 g/mol. The van der Waals surface area contributed by atoms with Gasteiger partial charge in [0.2, 0.25) is 0 Å². The molecule has 2 rings (SSSR count). The summed E-state index contributed by atoms with van der Waals surface area (Å²) in [5.41, 5.74) is 0.546. The first-order valence-electron chi connectivity index (χ1n) is 5.95. The molecule has 0 aliphatic heterocycles. The second kappa shape index (κ2) is 6.34. The topological polar surface area (TPSA) is 51.2 Å². The van der Waals surface area contributed by atoms with Gasteiger partial charge in [0.25, 0.3) is 5.91 Å². The summed E-state index contributed by atoms with van der Waals surface area (Å²) < 4.78 is 18.4. The molecule has 0 aliphatic rings. The molecule has 1 N–H and O–H groups in total. The Balaban J connectivity index is 2.23. The second-order valence-electron chi connectivity index (χ2n) is 3.89. The predicted octanol–water partition coefficient (Wildman–Crippen LogP) is 3.53. The molecule has 0 bridgehead atoms. The van der Waals surface area contributed by atoms with Gasteiger partial charge in [-0.2, -0.15) is 0 Å². The van der Waals surface area contributed by atoms with Crippen molar-refractivity contribution < 1.29 is 13.9 Å². The molecule has 0 fully saturated rings. The van der Waals surface area contributed by atoms with Crippen molar-refractivity contribution in [3.63, 3.8) is 0 Å². The maximum Gasteiger partial charge on any atom is 0.274 e. The molecule has 1 aromatic carbocycles. The zero-order valence-electron chi connectivity index (χ0n) is 10.7. The van der Waals surface area contributed by atoms with Crippen LogP contribution in [0.3, 0.4) is 0 Å². The van der Waals surface area contributed by atoms with Gasteiger partial charge in [-0.25, -0.2) is 4.39 Å². The molecular formula is C14H12ClFN2O2. The normalized spacial score (nSPS) is 10.2. The van der Waals surface area contributed by atoms with Crippen LogP contribution in [0, 0.1) is 5.82 Å². The summed E-state index contributed by atoms with van der Waals surface area (Å²) in [6.45, 7) is 2.14. The summed E-state index contributed by atoms with van der Waals surface area (Å²) in [7, 11) is 0. The number of benzene rings is 1. The Morgan fingerprint density at radius 1 is 1.40 bits per heavy atom. The summed E-state index contributed by atoms with van der Waals surface area (Å²) in [6.07, 6.45) is 1.44. The van der Waals surface area contributed by atoms with Crippen LogP contribution in [0.1, 0.15) is 17.4 Å². The van der Waals surface area contributed by atoms with Crippen LogP contribution in [-0.4, -0.2) is 17.5 Å². The Kier molecular flexibility index (Phi) is 4.53. The van der Waals surface area contributed by atoms with E-state index >= 15 is 0 Å². The average Bonchev–Trinajstić information content (AvgIpc) is 2.42. The number of nitrogens with one attached hydrogen (secondary N) is 1. The van der Waals surface area contributed by atoms with Gasteiger partial charge in [0.1, 0.15) is 17.3 Å². The first kappa shape index (κ1) is 14.3. The van der Waals surface area contributed by atoms with Crippen LogP contribution >= 0.6 is 11.6 Å². The minimum atomic E-state index is -0.444. The fraction of sp³-hybridized carbons (Fsp3) is 0.143. The van der Waals surface area contributed by atoms with E-state index in [9.17, 15) is 9.18 Å². The molecule has 0 saturated carbocycles. The van der Waals surface area contributed by atoms with Crippen LogP contribution in [0.5, 0.6) is 5.75 Å². The van der Waals surface area contributed by atoms with E-state index in [2.05, 4.69) is 10.3 Å². The summed E-state index contributed by atoms with van der Waals surface area (Å²) in [6, 6.07) is 6.90. The lowest BCUT2D eigenvalue weighted by Crippen LogP contribution is -2.14. The molecule has 4 nitrogen and oxygen atoms in total. The largest absolute Gasteiger partial charge is 0.492 e. The number of hydrogen-bond acceptors (Lipinski definition) is 3. The van der Waals surface area contributed by atoms with E-state index in [-0.39, 0.29) is 11.4 Å². The number of carbonyl (C=O) groups excluding carboxylic acids is 1. The fourth-order valence-electron chi connectivity index (χ4n) is 1.59. The Labute approximate surface area is 120 Å². The number of halogens is 2. The number of rotatable bonds is 4. The highest BCUT2D eigenvalue weighted by Crippen LogP contribution is 2.26. The molecule has 0 aliphatic carbocycles. The molecule has 1 heterocycles. The van der Waals surface area contributed by atoms with Crippen molar-refractivity contribution in [2.75, 3.05) is 11.9 Å². The van der Waals surface area contributed by atoms with E-state index < -0.39 is 11.7 Å². The highest BCUT2D eigenvalue weighted by molar-refractivity contribution is 6.30. The molecule has 104 valence electrons. The SMILES string of the molecule is CCOc1cc(F)ccc1NC(=O)c1cc(Cl)ccn1. The Morgan fingerprint density at radius 2 is 2.20 bits per heavy atom. The zero-order valence-corrected chi connectivity index (χ0v) is 11.4. The number of amides is 1. The highest BCUT2D eigenvalue weighted by Gasteiger charge is 2.12. The molecule has 0 spiro atoms. The second-order valence-corrected chi connectivity index (χ2v) is 4.32. The van der Waals surface area contributed by atoms with Gasteiger partial charge in [-0.3, -0.25) is 9.78 Å². The van der Waals surface area contributed by atoms with E-state index in [1.54, 1.807) is 13.0 Å². The number of nitrogens with zero attached hydrogens (tertiary/aromatic N) is 1. The lowest BCUT2D eigenvalue weighted by molar-refractivity contribution is 0.102. The standard InChI is InChI=1S/C14H12ClFN2O2/c1-2-20-13-8-10(16)3-4-11(13)18-14(19)12-7-9(15)5-6-17-12/h3-8H,2H2,1H3,(H,18,19). The van der Waals surface area contributed by atoms with Gasteiger partial charge >= 0.3 is 0 Å². The molecule has 0 atom stereocenters. The third-order valence-corrected chi connectivity index (χ3v) is 2.68. The van der Waals surface area contributed by atoms with Crippen molar-refractivity contribution in [2.24, 2.45) is 0 Å². The molecular weight excluding hydrogens is 283 g/mol. The van der Waals surface area contributed by atoms with Gasteiger partial charge in [0.15, 0.2) is 0 Å². The molecule has 1 aromatic heterocycles. The maximum atomic E-state index is 13.2. The van der Waals surface area contributed by atoms with Crippen molar-refractivity contribution in [1.29, 1.82) is 0 Å². The number of anilines is 1. The molecule has 0 saturated heterocycles. The van der Waals surface area contributed by atoms with Crippen molar-refractivity contribution in [2.45, 2.75) is 6.92 Å². The highest BCUT2D eigenvalue weighted by atomic mass is 35.5. The fourth-order valence-corrected chi connectivity index (χ4v) is 1.75. The predicted molar refractivity (Wildman–Crippen MR) is 74.8 cm³/mol. The maximum absolute atomic E-state index is 13.2. The summed E-state index contributed by atoms with van der Waals surface area (Å²) in [5, 5.41) is 3.03. The Hall–Kier alpha value is -2.14. The van der Waals surface area contributed by atoms with Crippen LogP contribution in [0.2, 0.25) is 5.02 Å². The van der Waals surface area contributed by atoms with Crippen molar-refractivity contribution >= 4 is 23.2 Å². The number of pyridine rings is 1. The van der Waals surface area contributed by atoms with Gasteiger partial charge < -0.3 is 10.1 Å². The van der Waals surface area contributed by atoms with E-state index in [1.807, 2.05) is 0 Å². The van der Waals surface area contributed by atoms with E-state index in [1.165, 1.54) is 30.5 Å². The first-order chi connectivity index (χ1) is 9.60.